The molecule has 2 amide bonds. The van der Waals surface area contributed by atoms with Gasteiger partial charge in [-0.25, -0.2) is 4.79 Å². The number of urea groups is 1. The zero-order valence-corrected chi connectivity index (χ0v) is 17.1. The van der Waals surface area contributed by atoms with Crippen molar-refractivity contribution in [2.75, 3.05) is 19.7 Å². The van der Waals surface area contributed by atoms with Crippen LogP contribution in [-0.2, 0) is 0 Å². The number of nitrogens with two attached hydrogens (primary N) is 1. The Hall–Kier alpha value is -0.970. The number of primary amides is 1. The van der Waals surface area contributed by atoms with Crippen LogP contribution in [0.5, 0.6) is 0 Å². The van der Waals surface area contributed by atoms with Gasteiger partial charge in [-0.3, -0.25) is 0 Å². The second kappa shape index (κ2) is 11.1. The van der Waals surface area contributed by atoms with Crippen molar-refractivity contribution in [1.82, 2.24) is 10.6 Å². The van der Waals surface area contributed by atoms with E-state index in [2.05, 4.69) is 31.4 Å². The molecule has 0 heterocycles. The van der Waals surface area contributed by atoms with E-state index in [9.17, 15) is 25.2 Å². The molecule has 0 rings (SSSR count). The lowest BCUT2D eigenvalue weighted by atomic mass is 9.71. The van der Waals surface area contributed by atoms with E-state index < -0.39 is 48.5 Å². The minimum atomic E-state index is -1.29. The molecule has 5 atom stereocenters. The molecule has 0 fully saturated rings. The maximum absolute atomic E-state index is 11.2. The first-order chi connectivity index (χ1) is 12.2. The third-order valence-corrected chi connectivity index (χ3v) is 4.49. The van der Waals surface area contributed by atoms with Gasteiger partial charge >= 0.3 is 6.03 Å². The molecule has 5 unspecified atom stereocenters. The smallest absolute Gasteiger partial charge is 0.312 e. The second-order valence-corrected chi connectivity index (χ2v) is 9.14. The maximum atomic E-state index is 11.2. The molecule has 9 heteroatoms. The van der Waals surface area contributed by atoms with E-state index in [0.717, 1.165) is 6.42 Å². The van der Waals surface area contributed by atoms with Gasteiger partial charge in [0.05, 0.1) is 31.0 Å². The van der Waals surface area contributed by atoms with Gasteiger partial charge in [-0.2, -0.15) is 0 Å². The Kier molecular flexibility index (Phi) is 10.7. The van der Waals surface area contributed by atoms with Crippen molar-refractivity contribution in [2.24, 2.45) is 16.6 Å². The van der Waals surface area contributed by atoms with Gasteiger partial charge in [0.25, 0.3) is 0 Å². The summed E-state index contributed by atoms with van der Waals surface area (Å²) in [7, 11) is 0. The Labute approximate surface area is 162 Å². The van der Waals surface area contributed by atoms with Crippen LogP contribution in [0.25, 0.3) is 0 Å². The Balaban J connectivity index is 4.81. The zero-order chi connectivity index (χ0) is 21.4. The van der Waals surface area contributed by atoms with Crippen LogP contribution < -0.4 is 16.4 Å². The van der Waals surface area contributed by atoms with Crippen molar-refractivity contribution >= 4 is 6.03 Å². The highest BCUT2D eigenvalue weighted by molar-refractivity contribution is 5.72. The lowest BCUT2D eigenvalue weighted by Gasteiger charge is -2.38. The maximum Gasteiger partial charge on any atom is 0.312 e. The zero-order valence-electron chi connectivity index (χ0n) is 17.1. The van der Waals surface area contributed by atoms with Crippen molar-refractivity contribution < 1.29 is 30.3 Å². The number of carbonyl (C=O) groups is 1. The van der Waals surface area contributed by atoms with Crippen molar-refractivity contribution in [2.45, 2.75) is 77.9 Å². The van der Waals surface area contributed by atoms with E-state index in [0.29, 0.717) is 0 Å². The number of carbonyl (C=O) groups excluding carboxylic acids is 1. The summed E-state index contributed by atoms with van der Waals surface area (Å²) in [4.78, 5) is 11.2. The Morgan fingerprint density at radius 1 is 0.963 bits per heavy atom. The first-order valence-corrected chi connectivity index (χ1v) is 9.29. The van der Waals surface area contributed by atoms with Gasteiger partial charge in [0.2, 0.25) is 0 Å². The molecule has 9 N–H and O–H groups in total. The lowest BCUT2D eigenvalue weighted by molar-refractivity contribution is -0.0238. The molecule has 0 aliphatic carbocycles. The normalized spacial score (nSPS) is 18.4. The van der Waals surface area contributed by atoms with E-state index in [4.69, 9.17) is 10.8 Å². The van der Waals surface area contributed by atoms with Crippen LogP contribution in [0.4, 0.5) is 4.79 Å². The fourth-order valence-corrected chi connectivity index (χ4v) is 3.31. The number of rotatable bonds is 12. The third-order valence-electron chi connectivity index (χ3n) is 4.49. The summed E-state index contributed by atoms with van der Waals surface area (Å²) in [6.07, 6.45) is -3.57. The Morgan fingerprint density at radius 2 is 1.52 bits per heavy atom. The predicted octanol–water partition coefficient (Wildman–Crippen LogP) is -1.10. The molecule has 27 heavy (non-hydrogen) atoms. The standard InChI is InChI=1S/C18H39N3O6/c1-17(2,3)10-18(4,5)15(26)6-12(23)11(21-16(19)27)7-20-8-13(24)14(25)9-22/h11-15,20,22-26H,6-10H2,1-5H3,(H3,19,21,27). The van der Waals surface area contributed by atoms with Crippen LogP contribution in [0.15, 0.2) is 0 Å². The first kappa shape index (κ1) is 26.0. The van der Waals surface area contributed by atoms with Gasteiger partial charge in [0, 0.05) is 19.5 Å². The predicted molar refractivity (Wildman–Crippen MR) is 103 cm³/mol. The fraction of sp³-hybridized carbons (Fsp3) is 0.944. The van der Waals surface area contributed by atoms with Gasteiger partial charge in [0.15, 0.2) is 0 Å². The van der Waals surface area contributed by atoms with Crippen LogP contribution in [0.1, 0.15) is 47.5 Å². The summed E-state index contributed by atoms with van der Waals surface area (Å²) < 4.78 is 0. The first-order valence-electron chi connectivity index (χ1n) is 9.29. The van der Waals surface area contributed by atoms with Gasteiger partial charge in [0.1, 0.15) is 6.10 Å². The molecule has 0 aromatic carbocycles. The highest BCUT2D eigenvalue weighted by atomic mass is 16.4. The highest BCUT2D eigenvalue weighted by Crippen LogP contribution is 2.37. The van der Waals surface area contributed by atoms with Crippen molar-refractivity contribution in [3.05, 3.63) is 0 Å². The second-order valence-electron chi connectivity index (χ2n) is 9.14. The molecule has 0 aliphatic heterocycles. The largest absolute Gasteiger partial charge is 0.394 e. The minimum absolute atomic E-state index is 0.00550. The SMILES string of the molecule is CC(C)(C)CC(C)(C)C(O)CC(O)C(CNCC(O)C(O)CO)NC(N)=O. The summed E-state index contributed by atoms with van der Waals surface area (Å²) in [6.45, 7) is 9.51. The summed E-state index contributed by atoms with van der Waals surface area (Å²) in [5.41, 5.74) is 4.72. The van der Waals surface area contributed by atoms with Crippen LogP contribution in [0, 0.1) is 10.8 Å². The fourth-order valence-electron chi connectivity index (χ4n) is 3.31. The molecule has 0 saturated heterocycles. The van der Waals surface area contributed by atoms with Crippen LogP contribution >= 0.6 is 0 Å². The minimum Gasteiger partial charge on any atom is -0.394 e. The average Bonchev–Trinajstić information content (AvgIpc) is 2.49. The monoisotopic (exact) mass is 393 g/mol. The van der Waals surface area contributed by atoms with Gasteiger partial charge in [-0.15, -0.1) is 0 Å². The van der Waals surface area contributed by atoms with E-state index in [-0.39, 0.29) is 24.9 Å². The van der Waals surface area contributed by atoms with E-state index in [1.165, 1.54) is 0 Å². The third kappa shape index (κ3) is 10.8. The molecule has 0 radical (unpaired) electrons. The van der Waals surface area contributed by atoms with E-state index >= 15 is 0 Å². The summed E-state index contributed by atoms with van der Waals surface area (Å²) >= 11 is 0. The number of hydrogen-bond donors (Lipinski definition) is 8. The van der Waals surface area contributed by atoms with Crippen molar-refractivity contribution in [1.29, 1.82) is 0 Å². The molecular weight excluding hydrogens is 354 g/mol. The molecule has 0 saturated carbocycles. The molecule has 0 aliphatic rings. The van der Waals surface area contributed by atoms with Crippen LogP contribution in [-0.4, -0.2) is 81.7 Å². The molecule has 0 bridgehead atoms. The molecule has 0 spiro atoms. The highest BCUT2D eigenvalue weighted by Gasteiger charge is 2.35. The number of hydrogen-bond acceptors (Lipinski definition) is 7. The van der Waals surface area contributed by atoms with Gasteiger partial charge in [-0.1, -0.05) is 34.6 Å². The van der Waals surface area contributed by atoms with Crippen molar-refractivity contribution in [3.8, 4) is 0 Å². The Morgan fingerprint density at radius 3 is 1.96 bits per heavy atom. The van der Waals surface area contributed by atoms with Crippen LogP contribution in [0.3, 0.4) is 0 Å². The van der Waals surface area contributed by atoms with Crippen LogP contribution in [0.2, 0.25) is 0 Å². The van der Waals surface area contributed by atoms with Gasteiger partial charge < -0.3 is 41.9 Å². The van der Waals surface area contributed by atoms with E-state index in [1.54, 1.807) is 0 Å². The number of nitrogens with one attached hydrogen (secondary N) is 2. The number of aliphatic hydroxyl groups excluding tert-OH is 5. The summed E-state index contributed by atoms with van der Waals surface area (Å²) in [6, 6.07) is -1.61. The quantitative estimate of drug-likeness (QED) is 0.208. The average molecular weight is 394 g/mol. The number of aliphatic hydroxyl groups is 5. The van der Waals surface area contributed by atoms with E-state index in [1.807, 2.05) is 13.8 Å². The molecule has 162 valence electrons. The molecular formula is C18H39N3O6. The summed E-state index contributed by atoms with van der Waals surface area (Å²) in [5, 5.41) is 54.1. The molecule has 0 aromatic rings. The molecule has 0 aromatic heterocycles. The Bertz CT molecular complexity index is 441. The summed E-state index contributed by atoms with van der Waals surface area (Å²) in [5.74, 6) is 0. The topological polar surface area (TPSA) is 168 Å². The number of amides is 2. The van der Waals surface area contributed by atoms with Gasteiger partial charge in [-0.05, 0) is 17.3 Å². The lowest BCUT2D eigenvalue weighted by Crippen LogP contribution is -2.53. The molecule has 9 nitrogen and oxygen atoms in total. The van der Waals surface area contributed by atoms with Crippen molar-refractivity contribution in [3.63, 3.8) is 0 Å².